The molecule has 4 nitrogen and oxygen atoms in total. The largest absolute Gasteiger partial charge is 0.490 e. The summed E-state index contributed by atoms with van der Waals surface area (Å²) in [6, 6.07) is 6.43. The number of hydrogen-bond acceptors (Lipinski definition) is 4. The zero-order chi connectivity index (χ0) is 15.4. The van der Waals surface area contributed by atoms with E-state index >= 15 is 0 Å². The van der Waals surface area contributed by atoms with Crippen molar-refractivity contribution in [2.24, 2.45) is 5.16 Å². The highest BCUT2D eigenvalue weighted by atomic mass is 19.4. The number of carbonyl (C=O) groups is 1. The van der Waals surface area contributed by atoms with E-state index in [2.05, 4.69) is 14.7 Å². The first-order valence-electron chi connectivity index (χ1n) is 5.64. The molecule has 0 amide bonds. The van der Waals surface area contributed by atoms with Gasteiger partial charge in [-0.15, -0.1) is 0 Å². The summed E-state index contributed by atoms with van der Waals surface area (Å²) in [7, 11) is 1.37. The molecule has 0 aliphatic heterocycles. The SMILES string of the molecule is CO/N=C/c1cccc(C(C)(C)OC(=O)C(F)(F)F)c1. The fourth-order valence-corrected chi connectivity index (χ4v) is 1.46. The molecule has 0 radical (unpaired) electrons. The Balaban J connectivity index is 2.97. The molecular formula is C13H14F3NO3. The summed E-state index contributed by atoms with van der Waals surface area (Å²) < 4.78 is 41.2. The Morgan fingerprint density at radius 2 is 1.95 bits per heavy atom. The number of carbonyl (C=O) groups excluding carboxylic acids is 1. The fraction of sp³-hybridized carbons (Fsp3) is 0.385. The molecule has 1 rings (SSSR count). The summed E-state index contributed by atoms with van der Waals surface area (Å²) in [6.45, 7) is 2.76. The number of hydrogen-bond donors (Lipinski definition) is 0. The number of nitrogens with zero attached hydrogens (tertiary/aromatic N) is 1. The van der Waals surface area contributed by atoms with Gasteiger partial charge in [0, 0.05) is 0 Å². The van der Waals surface area contributed by atoms with E-state index in [1.54, 1.807) is 24.3 Å². The van der Waals surface area contributed by atoms with Gasteiger partial charge in [0.05, 0.1) is 6.21 Å². The molecule has 1 aromatic carbocycles. The Morgan fingerprint density at radius 1 is 1.30 bits per heavy atom. The lowest BCUT2D eigenvalue weighted by Gasteiger charge is -2.26. The van der Waals surface area contributed by atoms with Crippen LogP contribution in [0.2, 0.25) is 0 Å². The molecule has 0 fully saturated rings. The van der Waals surface area contributed by atoms with E-state index in [0.29, 0.717) is 11.1 Å². The summed E-state index contributed by atoms with van der Waals surface area (Å²) in [5.41, 5.74) is -0.389. The summed E-state index contributed by atoms with van der Waals surface area (Å²) in [4.78, 5) is 15.4. The zero-order valence-corrected chi connectivity index (χ0v) is 11.2. The lowest BCUT2D eigenvalue weighted by atomic mass is 9.96. The van der Waals surface area contributed by atoms with Crippen LogP contribution in [0.25, 0.3) is 0 Å². The van der Waals surface area contributed by atoms with E-state index in [9.17, 15) is 18.0 Å². The van der Waals surface area contributed by atoms with Crippen LogP contribution >= 0.6 is 0 Å². The van der Waals surface area contributed by atoms with Crippen LogP contribution < -0.4 is 0 Å². The van der Waals surface area contributed by atoms with E-state index in [1.165, 1.54) is 27.2 Å². The summed E-state index contributed by atoms with van der Waals surface area (Å²) in [6.07, 6.45) is -3.63. The quantitative estimate of drug-likeness (QED) is 0.486. The second kappa shape index (κ2) is 5.94. The van der Waals surface area contributed by atoms with Crippen LogP contribution in [0.15, 0.2) is 29.4 Å². The predicted molar refractivity (Wildman–Crippen MR) is 66.2 cm³/mol. The van der Waals surface area contributed by atoms with Gasteiger partial charge in [-0.2, -0.15) is 13.2 Å². The van der Waals surface area contributed by atoms with Crippen LogP contribution in [-0.2, 0) is 20.0 Å². The average molecular weight is 289 g/mol. The van der Waals surface area contributed by atoms with Crippen molar-refractivity contribution in [3.05, 3.63) is 35.4 Å². The van der Waals surface area contributed by atoms with Crippen molar-refractivity contribution < 1.29 is 27.5 Å². The van der Waals surface area contributed by atoms with Crippen molar-refractivity contribution in [2.45, 2.75) is 25.6 Å². The molecule has 7 heteroatoms. The Hall–Kier alpha value is -2.05. The average Bonchev–Trinajstić information content (AvgIpc) is 2.35. The summed E-state index contributed by atoms with van der Waals surface area (Å²) in [5.74, 6) is -2.22. The lowest BCUT2D eigenvalue weighted by Crippen LogP contribution is -2.34. The van der Waals surface area contributed by atoms with Crippen LogP contribution in [0.4, 0.5) is 13.2 Å². The van der Waals surface area contributed by atoms with Crippen LogP contribution in [0.3, 0.4) is 0 Å². The second-order valence-corrected chi connectivity index (χ2v) is 4.44. The van der Waals surface area contributed by atoms with Gasteiger partial charge in [-0.25, -0.2) is 4.79 Å². The Kier molecular flexibility index (Phi) is 4.75. The molecule has 0 saturated carbocycles. The highest BCUT2D eigenvalue weighted by Crippen LogP contribution is 2.29. The number of halogens is 3. The molecule has 0 aromatic heterocycles. The first kappa shape index (κ1) is 16.0. The van der Waals surface area contributed by atoms with Gasteiger partial charge >= 0.3 is 12.1 Å². The monoisotopic (exact) mass is 289 g/mol. The standard InChI is InChI=1S/C13H14F3NO3/c1-12(2,20-11(18)13(14,15)16)10-6-4-5-9(7-10)8-17-19-3/h4-8H,1-3H3/b17-8+. The van der Waals surface area contributed by atoms with Gasteiger partial charge < -0.3 is 9.57 Å². The minimum atomic E-state index is -5.02. The first-order valence-corrected chi connectivity index (χ1v) is 5.64. The summed E-state index contributed by atoms with van der Waals surface area (Å²) >= 11 is 0. The van der Waals surface area contributed by atoms with Crippen molar-refractivity contribution in [1.82, 2.24) is 0 Å². The van der Waals surface area contributed by atoms with E-state index in [1.807, 2.05) is 0 Å². The molecule has 20 heavy (non-hydrogen) atoms. The maximum absolute atomic E-state index is 12.2. The predicted octanol–water partition coefficient (Wildman–Crippen LogP) is 3.01. The Labute approximate surface area is 114 Å². The van der Waals surface area contributed by atoms with Crippen molar-refractivity contribution in [2.75, 3.05) is 7.11 Å². The third-order valence-corrected chi connectivity index (χ3v) is 2.47. The van der Waals surface area contributed by atoms with Crippen molar-refractivity contribution >= 4 is 12.2 Å². The maximum atomic E-state index is 12.2. The molecular weight excluding hydrogens is 275 g/mol. The Bertz CT molecular complexity index is 510. The van der Waals surface area contributed by atoms with Gasteiger partial charge in [0.25, 0.3) is 0 Å². The minimum Gasteiger partial charge on any atom is -0.448 e. The number of rotatable bonds is 4. The zero-order valence-electron chi connectivity index (χ0n) is 11.2. The molecule has 0 heterocycles. The highest BCUT2D eigenvalue weighted by Gasteiger charge is 2.44. The number of alkyl halides is 3. The second-order valence-electron chi connectivity index (χ2n) is 4.44. The molecule has 0 N–H and O–H groups in total. The smallest absolute Gasteiger partial charge is 0.448 e. The van der Waals surface area contributed by atoms with Gasteiger partial charge in [-0.05, 0) is 31.0 Å². The minimum absolute atomic E-state index is 0.412. The molecule has 110 valence electrons. The van der Waals surface area contributed by atoms with Crippen LogP contribution in [-0.4, -0.2) is 25.5 Å². The third-order valence-electron chi connectivity index (χ3n) is 2.47. The molecule has 0 atom stereocenters. The van der Waals surface area contributed by atoms with E-state index < -0.39 is 17.7 Å². The number of ether oxygens (including phenoxy) is 1. The van der Waals surface area contributed by atoms with E-state index in [-0.39, 0.29) is 0 Å². The first-order chi connectivity index (χ1) is 9.16. The van der Waals surface area contributed by atoms with Crippen molar-refractivity contribution in [3.63, 3.8) is 0 Å². The van der Waals surface area contributed by atoms with E-state index in [0.717, 1.165) is 0 Å². The van der Waals surface area contributed by atoms with Crippen LogP contribution in [0.1, 0.15) is 25.0 Å². The third kappa shape index (κ3) is 4.25. The lowest BCUT2D eigenvalue weighted by molar-refractivity contribution is -0.212. The van der Waals surface area contributed by atoms with Gasteiger partial charge in [-0.3, -0.25) is 0 Å². The molecule has 0 aliphatic rings. The molecule has 0 unspecified atom stereocenters. The van der Waals surface area contributed by atoms with Crippen LogP contribution in [0, 0.1) is 0 Å². The molecule has 0 bridgehead atoms. The van der Waals surface area contributed by atoms with Crippen molar-refractivity contribution in [3.8, 4) is 0 Å². The topological polar surface area (TPSA) is 47.9 Å². The van der Waals surface area contributed by atoms with Crippen molar-refractivity contribution in [1.29, 1.82) is 0 Å². The molecule has 0 spiro atoms. The van der Waals surface area contributed by atoms with Gasteiger partial charge in [0.15, 0.2) is 0 Å². The number of esters is 1. The molecule has 1 aromatic rings. The number of oxime groups is 1. The van der Waals surface area contributed by atoms with Gasteiger partial charge in [-0.1, -0.05) is 23.4 Å². The van der Waals surface area contributed by atoms with Crippen LogP contribution in [0.5, 0.6) is 0 Å². The van der Waals surface area contributed by atoms with Gasteiger partial charge in [0.2, 0.25) is 0 Å². The fourth-order valence-electron chi connectivity index (χ4n) is 1.46. The number of benzene rings is 1. The normalized spacial score (nSPS) is 12.5. The maximum Gasteiger partial charge on any atom is 0.490 e. The Morgan fingerprint density at radius 3 is 2.50 bits per heavy atom. The summed E-state index contributed by atoms with van der Waals surface area (Å²) in [5, 5.41) is 3.55. The van der Waals surface area contributed by atoms with E-state index in [4.69, 9.17) is 0 Å². The van der Waals surface area contributed by atoms with Gasteiger partial charge in [0.1, 0.15) is 12.7 Å². The molecule has 0 aliphatic carbocycles. The molecule has 0 saturated heterocycles. The highest BCUT2D eigenvalue weighted by molar-refractivity contribution is 5.79.